The predicted octanol–water partition coefficient (Wildman–Crippen LogP) is 2.06. The van der Waals surface area contributed by atoms with Crippen LogP contribution in [0, 0.1) is 5.41 Å². The highest BCUT2D eigenvalue weighted by Gasteiger charge is 2.26. The van der Waals surface area contributed by atoms with E-state index in [9.17, 15) is 9.59 Å². The molecule has 1 atom stereocenters. The molecule has 2 amide bonds. The fourth-order valence-electron chi connectivity index (χ4n) is 1.65. The lowest BCUT2D eigenvalue weighted by Crippen LogP contribution is -2.48. The van der Waals surface area contributed by atoms with E-state index >= 15 is 0 Å². The number of carbonyl (C=O) groups excluding carboxylic acids is 2. The van der Waals surface area contributed by atoms with Crippen LogP contribution in [0.5, 0.6) is 0 Å². The van der Waals surface area contributed by atoms with E-state index in [1.807, 2.05) is 39.0 Å². The summed E-state index contributed by atoms with van der Waals surface area (Å²) in [6, 6.07) is 6.78. The Morgan fingerprint density at radius 1 is 1.29 bits per heavy atom. The number of hydrogen-bond donors (Lipinski definition) is 3. The average molecular weight is 314 g/mol. The number of hydrogen-bond acceptors (Lipinski definition) is 3. The van der Waals surface area contributed by atoms with Crippen molar-refractivity contribution < 1.29 is 9.59 Å². The van der Waals surface area contributed by atoms with Gasteiger partial charge in [-0.2, -0.15) is 0 Å². The third-order valence-corrected chi connectivity index (χ3v) is 2.93. The zero-order chi connectivity index (χ0) is 15.3. The molecule has 0 aliphatic heterocycles. The minimum atomic E-state index is -0.555. The summed E-state index contributed by atoms with van der Waals surface area (Å²) in [6.45, 7) is 7.62. The van der Waals surface area contributed by atoms with Crippen LogP contribution >= 0.6 is 12.4 Å². The van der Waals surface area contributed by atoms with E-state index in [0.717, 1.165) is 5.56 Å². The maximum Gasteiger partial charge on any atom is 0.237 e. The van der Waals surface area contributed by atoms with Gasteiger partial charge in [0.1, 0.15) is 0 Å². The second-order valence-electron chi connectivity index (χ2n) is 5.94. The highest BCUT2D eigenvalue weighted by Crippen LogP contribution is 2.17. The molecule has 1 aromatic rings. The number of benzene rings is 1. The highest BCUT2D eigenvalue weighted by atomic mass is 35.5. The smallest absolute Gasteiger partial charge is 0.237 e. The molecule has 0 aliphatic carbocycles. The van der Waals surface area contributed by atoms with Gasteiger partial charge >= 0.3 is 0 Å². The van der Waals surface area contributed by atoms with Gasteiger partial charge in [0.25, 0.3) is 0 Å². The first kappa shape index (κ1) is 19.4. The summed E-state index contributed by atoms with van der Waals surface area (Å²) in [5.74, 6) is -0.302. The number of nitrogens with one attached hydrogen (secondary N) is 2. The molecule has 0 saturated heterocycles. The molecule has 0 aromatic heterocycles. The molecule has 0 fully saturated rings. The summed E-state index contributed by atoms with van der Waals surface area (Å²) in [7, 11) is 0. The van der Waals surface area contributed by atoms with Gasteiger partial charge in [-0.05, 0) is 23.1 Å². The lowest BCUT2D eigenvalue weighted by Gasteiger charge is -2.25. The zero-order valence-electron chi connectivity index (χ0n) is 12.9. The molecule has 0 spiro atoms. The van der Waals surface area contributed by atoms with E-state index in [-0.39, 0.29) is 29.6 Å². The Balaban J connectivity index is 0.00000400. The van der Waals surface area contributed by atoms with Crippen LogP contribution in [0.2, 0.25) is 0 Å². The van der Waals surface area contributed by atoms with Gasteiger partial charge in [0.05, 0.1) is 6.04 Å². The maximum atomic E-state index is 11.9. The monoisotopic (exact) mass is 313 g/mol. The number of carbonyl (C=O) groups is 2. The molecule has 0 aliphatic rings. The van der Waals surface area contributed by atoms with Crippen molar-refractivity contribution in [3.05, 3.63) is 29.8 Å². The summed E-state index contributed by atoms with van der Waals surface area (Å²) in [5, 5.41) is 5.51. The van der Waals surface area contributed by atoms with Gasteiger partial charge in [-0.25, -0.2) is 0 Å². The lowest BCUT2D eigenvalue weighted by molar-refractivity contribution is -0.124. The maximum absolute atomic E-state index is 11.9. The third kappa shape index (κ3) is 6.60. The molecule has 0 heterocycles. The Morgan fingerprint density at radius 3 is 2.43 bits per heavy atom. The molecule has 4 N–H and O–H groups in total. The van der Waals surface area contributed by atoms with E-state index in [4.69, 9.17) is 5.73 Å². The summed E-state index contributed by atoms with van der Waals surface area (Å²) in [4.78, 5) is 22.9. The van der Waals surface area contributed by atoms with E-state index in [1.54, 1.807) is 6.07 Å². The second kappa shape index (κ2) is 8.00. The number of anilines is 1. The van der Waals surface area contributed by atoms with Crippen LogP contribution in [0.15, 0.2) is 24.3 Å². The average Bonchev–Trinajstić information content (AvgIpc) is 2.33. The van der Waals surface area contributed by atoms with Crippen LogP contribution in [0.25, 0.3) is 0 Å². The Bertz CT molecular complexity index is 498. The van der Waals surface area contributed by atoms with Crippen LogP contribution in [-0.4, -0.2) is 17.9 Å². The molecule has 0 unspecified atom stereocenters. The Labute approximate surface area is 132 Å². The van der Waals surface area contributed by atoms with E-state index < -0.39 is 6.04 Å². The Kier molecular flexibility index (Phi) is 7.39. The molecule has 21 heavy (non-hydrogen) atoms. The van der Waals surface area contributed by atoms with Crippen molar-refractivity contribution in [2.24, 2.45) is 11.1 Å². The standard InChI is InChI=1S/C15H23N3O2.ClH/c1-10(19)18-12-7-5-6-11(8-12)9-17-14(20)13(16)15(2,3)4;/h5-8,13H,9,16H2,1-4H3,(H,17,20)(H,18,19);1H/t13-;/m1./s1. The molecular weight excluding hydrogens is 290 g/mol. The summed E-state index contributed by atoms with van der Waals surface area (Å²) in [6.07, 6.45) is 0. The molecule has 1 aromatic carbocycles. The van der Waals surface area contributed by atoms with Crippen LogP contribution in [0.1, 0.15) is 33.3 Å². The molecule has 6 heteroatoms. The molecule has 5 nitrogen and oxygen atoms in total. The van der Waals surface area contributed by atoms with Crippen molar-refractivity contribution >= 4 is 29.9 Å². The minimum absolute atomic E-state index is 0. The summed E-state index contributed by atoms with van der Waals surface area (Å²) >= 11 is 0. The molecule has 1 rings (SSSR count). The van der Waals surface area contributed by atoms with Gasteiger partial charge in [0.15, 0.2) is 0 Å². The number of nitrogens with two attached hydrogens (primary N) is 1. The fourth-order valence-corrected chi connectivity index (χ4v) is 1.65. The zero-order valence-corrected chi connectivity index (χ0v) is 13.7. The van der Waals surface area contributed by atoms with Gasteiger partial charge in [-0.15, -0.1) is 12.4 Å². The molecule has 0 saturated carbocycles. The van der Waals surface area contributed by atoms with Crippen LogP contribution in [0.4, 0.5) is 5.69 Å². The van der Waals surface area contributed by atoms with Crippen molar-refractivity contribution in [3.63, 3.8) is 0 Å². The van der Waals surface area contributed by atoms with Gasteiger partial charge in [0.2, 0.25) is 11.8 Å². The van der Waals surface area contributed by atoms with Gasteiger partial charge < -0.3 is 16.4 Å². The SMILES string of the molecule is CC(=O)Nc1cccc(CNC(=O)[C@@H](N)C(C)(C)C)c1.Cl. The first-order valence-corrected chi connectivity index (χ1v) is 6.60. The first-order chi connectivity index (χ1) is 9.20. The quantitative estimate of drug-likeness (QED) is 0.795. The molecule has 0 bridgehead atoms. The topological polar surface area (TPSA) is 84.2 Å². The van der Waals surface area contributed by atoms with Crippen molar-refractivity contribution in [1.82, 2.24) is 5.32 Å². The molecular formula is C15H24ClN3O2. The van der Waals surface area contributed by atoms with Crippen LogP contribution in [-0.2, 0) is 16.1 Å². The molecule has 0 radical (unpaired) electrons. The van der Waals surface area contributed by atoms with E-state index in [2.05, 4.69) is 10.6 Å². The van der Waals surface area contributed by atoms with E-state index in [0.29, 0.717) is 12.2 Å². The van der Waals surface area contributed by atoms with Gasteiger partial charge in [-0.1, -0.05) is 32.9 Å². The number of halogens is 1. The lowest BCUT2D eigenvalue weighted by atomic mass is 9.87. The highest BCUT2D eigenvalue weighted by molar-refractivity contribution is 5.88. The van der Waals surface area contributed by atoms with Crippen molar-refractivity contribution in [1.29, 1.82) is 0 Å². The van der Waals surface area contributed by atoms with E-state index in [1.165, 1.54) is 6.92 Å². The summed E-state index contributed by atoms with van der Waals surface area (Å²) < 4.78 is 0. The number of amides is 2. The predicted molar refractivity (Wildman–Crippen MR) is 87.3 cm³/mol. The first-order valence-electron chi connectivity index (χ1n) is 6.60. The largest absolute Gasteiger partial charge is 0.351 e. The van der Waals surface area contributed by atoms with Crippen LogP contribution in [0.3, 0.4) is 0 Å². The Morgan fingerprint density at radius 2 is 1.90 bits per heavy atom. The molecule has 118 valence electrons. The van der Waals surface area contributed by atoms with Crippen molar-refractivity contribution in [3.8, 4) is 0 Å². The fraction of sp³-hybridized carbons (Fsp3) is 0.467. The normalized spacial score (nSPS) is 12.0. The second-order valence-corrected chi connectivity index (χ2v) is 5.94. The minimum Gasteiger partial charge on any atom is -0.351 e. The Hall–Kier alpha value is -1.59. The summed E-state index contributed by atoms with van der Waals surface area (Å²) in [5.41, 5.74) is 7.23. The van der Waals surface area contributed by atoms with Crippen molar-refractivity contribution in [2.45, 2.75) is 40.3 Å². The van der Waals surface area contributed by atoms with Gasteiger partial charge in [0, 0.05) is 19.2 Å². The van der Waals surface area contributed by atoms with Crippen LogP contribution < -0.4 is 16.4 Å². The van der Waals surface area contributed by atoms with Gasteiger partial charge in [-0.3, -0.25) is 9.59 Å². The van der Waals surface area contributed by atoms with Crippen molar-refractivity contribution in [2.75, 3.05) is 5.32 Å². The third-order valence-electron chi connectivity index (χ3n) is 2.93. The number of rotatable bonds is 4.